The molecule has 1 amide bonds. The van der Waals surface area contributed by atoms with Crippen molar-refractivity contribution in [3.63, 3.8) is 0 Å². The molecular weight excluding hydrogens is 232 g/mol. The first-order chi connectivity index (χ1) is 8.49. The number of amides is 1. The number of benzene rings is 1. The van der Waals surface area contributed by atoms with Gasteiger partial charge in [0.2, 0.25) is 5.91 Å². The van der Waals surface area contributed by atoms with Crippen molar-refractivity contribution in [1.29, 1.82) is 0 Å². The van der Waals surface area contributed by atoms with Crippen LogP contribution in [0.5, 0.6) is 11.5 Å². The van der Waals surface area contributed by atoms with E-state index in [0.717, 1.165) is 0 Å². The van der Waals surface area contributed by atoms with E-state index in [9.17, 15) is 9.90 Å². The number of nitrogens with one attached hydrogen (secondary N) is 1. The number of hydrogen-bond donors (Lipinski definition) is 3. The molecule has 0 aromatic heterocycles. The number of ether oxygens (including phenoxy) is 1. The minimum Gasteiger partial charge on any atom is -0.504 e. The zero-order chi connectivity index (χ0) is 13.7. The van der Waals surface area contributed by atoms with Crippen molar-refractivity contribution in [3.8, 4) is 11.5 Å². The molecule has 1 aromatic carbocycles. The number of nitrogens with two attached hydrogens (primary N) is 1. The zero-order valence-electron chi connectivity index (χ0n) is 10.9. The van der Waals surface area contributed by atoms with Gasteiger partial charge in [-0.05, 0) is 18.1 Å². The predicted octanol–water partition coefficient (Wildman–Crippen LogP) is 1.57. The van der Waals surface area contributed by atoms with Crippen molar-refractivity contribution >= 4 is 11.6 Å². The molecule has 100 valence electrons. The number of rotatable bonds is 5. The minimum absolute atomic E-state index is 0.0101. The monoisotopic (exact) mass is 252 g/mol. The molecule has 0 radical (unpaired) electrons. The summed E-state index contributed by atoms with van der Waals surface area (Å²) >= 11 is 0. The maximum Gasteiger partial charge on any atom is 0.229 e. The standard InChI is InChI=1S/C13H20N2O3/c1-8(2)10(7-14)13(17)15-9-4-5-12(18-3)11(16)6-9/h4-6,8,10,16H,7,14H2,1-3H3,(H,15,17). The normalized spacial score (nSPS) is 12.3. The van der Waals surface area contributed by atoms with Crippen LogP contribution in [-0.4, -0.2) is 24.7 Å². The number of phenolic OH excluding ortho intramolecular Hbond substituents is 1. The molecule has 0 aliphatic carbocycles. The van der Waals surface area contributed by atoms with Crippen molar-refractivity contribution in [3.05, 3.63) is 18.2 Å². The number of methoxy groups -OCH3 is 1. The largest absolute Gasteiger partial charge is 0.504 e. The van der Waals surface area contributed by atoms with Gasteiger partial charge in [-0.15, -0.1) is 0 Å². The summed E-state index contributed by atoms with van der Waals surface area (Å²) < 4.78 is 4.93. The lowest BCUT2D eigenvalue weighted by Gasteiger charge is -2.18. The Morgan fingerprint density at radius 3 is 2.61 bits per heavy atom. The highest BCUT2D eigenvalue weighted by Gasteiger charge is 2.20. The lowest BCUT2D eigenvalue weighted by molar-refractivity contribution is -0.120. The van der Waals surface area contributed by atoms with E-state index in [1.807, 2.05) is 13.8 Å². The highest BCUT2D eigenvalue weighted by atomic mass is 16.5. The minimum atomic E-state index is -0.241. The van der Waals surface area contributed by atoms with Gasteiger partial charge in [-0.1, -0.05) is 13.8 Å². The fourth-order valence-electron chi connectivity index (χ4n) is 1.68. The summed E-state index contributed by atoms with van der Waals surface area (Å²) in [5, 5.41) is 12.3. The molecule has 4 N–H and O–H groups in total. The van der Waals surface area contributed by atoms with Gasteiger partial charge < -0.3 is 20.9 Å². The van der Waals surface area contributed by atoms with E-state index >= 15 is 0 Å². The van der Waals surface area contributed by atoms with Gasteiger partial charge in [0, 0.05) is 18.3 Å². The van der Waals surface area contributed by atoms with Gasteiger partial charge in [-0.2, -0.15) is 0 Å². The van der Waals surface area contributed by atoms with Crippen LogP contribution in [0.4, 0.5) is 5.69 Å². The summed E-state index contributed by atoms with van der Waals surface area (Å²) in [6, 6.07) is 4.72. The highest BCUT2D eigenvalue weighted by Crippen LogP contribution is 2.28. The Morgan fingerprint density at radius 2 is 2.17 bits per heavy atom. The highest BCUT2D eigenvalue weighted by molar-refractivity contribution is 5.93. The Kier molecular flexibility index (Phi) is 4.97. The summed E-state index contributed by atoms with van der Waals surface area (Å²) in [6.07, 6.45) is 0. The van der Waals surface area contributed by atoms with Crippen LogP contribution in [-0.2, 0) is 4.79 Å². The molecule has 0 heterocycles. The molecule has 1 aromatic rings. The van der Waals surface area contributed by atoms with E-state index in [-0.39, 0.29) is 23.5 Å². The van der Waals surface area contributed by atoms with E-state index in [4.69, 9.17) is 10.5 Å². The van der Waals surface area contributed by atoms with E-state index in [2.05, 4.69) is 5.32 Å². The average Bonchev–Trinajstić information content (AvgIpc) is 2.29. The second-order valence-electron chi connectivity index (χ2n) is 4.46. The first-order valence-corrected chi connectivity index (χ1v) is 5.87. The molecule has 1 rings (SSSR count). The first kappa shape index (κ1) is 14.3. The number of phenols is 1. The average molecular weight is 252 g/mol. The van der Waals surface area contributed by atoms with Crippen molar-refractivity contribution in [1.82, 2.24) is 0 Å². The summed E-state index contributed by atoms with van der Waals surface area (Å²) in [7, 11) is 1.47. The van der Waals surface area contributed by atoms with Crippen LogP contribution >= 0.6 is 0 Å². The quantitative estimate of drug-likeness (QED) is 0.742. The lowest BCUT2D eigenvalue weighted by atomic mass is 9.95. The van der Waals surface area contributed by atoms with Gasteiger partial charge >= 0.3 is 0 Å². The van der Waals surface area contributed by atoms with Gasteiger partial charge in [-0.3, -0.25) is 4.79 Å². The van der Waals surface area contributed by atoms with Gasteiger partial charge in [-0.25, -0.2) is 0 Å². The third-order valence-corrected chi connectivity index (χ3v) is 2.84. The zero-order valence-corrected chi connectivity index (χ0v) is 10.9. The molecule has 1 unspecified atom stereocenters. The summed E-state index contributed by atoms with van der Waals surface area (Å²) in [4.78, 5) is 11.9. The molecule has 0 saturated heterocycles. The number of anilines is 1. The fraction of sp³-hybridized carbons (Fsp3) is 0.462. The van der Waals surface area contributed by atoms with E-state index in [1.165, 1.54) is 13.2 Å². The molecule has 0 bridgehead atoms. The second kappa shape index (κ2) is 6.26. The van der Waals surface area contributed by atoms with Gasteiger partial charge in [0.15, 0.2) is 11.5 Å². The van der Waals surface area contributed by atoms with Crippen LogP contribution < -0.4 is 15.8 Å². The lowest BCUT2D eigenvalue weighted by Crippen LogP contribution is -2.33. The van der Waals surface area contributed by atoms with Crippen molar-refractivity contribution < 1.29 is 14.6 Å². The van der Waals surface area contributed by atoms with E-state index < -0.39 is 0 Å². The van der Waals surface area contributed by atoms with Crippen LogP contribution in [0, 0.1) is 11.8 Å². The number of carbonyl (C=O) groups is 1. The number of aromatic hydroxyl groups is 1. The molecule has 0 aliphatic heterocycles. The van der Waals surface area contributed by atoms with Crippen LogP contribution in [0.1, 0.15) is 13.8 Å². The predicted molar refractivity (Wildman–Crippen MR) is 70.7 cm³/mol. The Bertz CT molecular complexity index is 419. The smallest absolute Gasteiger partial charge is 0.229 e. The van der Waals surface area contributed by atoms with Crippen LogP contribution in [0.2, 0.25) is 0 Å². The Balaban J connectivity index is 2.78. The maximum atomic E-state index is 11.9. The molecule has 5 nitrogen and oxygen atoms in total. The third kappa shape index (κ3) is 3.37. The Hall–Kier alpha value is -1.75. The Labute approximate surface area is 107 Å². The molecule has 0 saturated carbocycles. The first-order valence-electron chi connectivity index (χ1n) is 5.87. The fourth-order valence-corrected chi connectivity index (χ4v) is 1.68. The number of hydrogen-bond acceptors (Lipinski definition) is 4. The van der Waals surface area contributed by atoms with Gasteiger partial charge in [0.05, 0.1) is 13.0 Å². The van der Waals surface area contributed by atoms with Crippen LogP contribution in [0.25, 0.3) is 0 Å². The Morgan fingerprint density at radius 1 is 1.50 bits per heavy atom. The molecule has 1 atom stereocenters. The van der Waals surface area contributed by atoms with Crippen LogP contribution in [0.3, 0.4) is 0 Å². The molecule has 0 aliphatic rings. The second-order valence-corrected chi connectivity index (χ2v) is 4.46. The maximum absolute atomic E-state index is 11.9. The van der Waals surface area contributed by atoms with Crippen LogP contribution in [0.15, 0.2) is 18.2 Å². The molecule has 0 fully saturated rings. The summed E-state index contributed by atoms with van der Waals surface area (Å²) in [5.74, 6) is 0.143. The van der Waals surface area contributed by atoms with Crippen molar-refractivity contribution in [2.45, 2.75) is 13.8 Å². The summed E-state index contributed by atoms with van der Waals surface area (Å²) in [6.45, 7) is 4.19. The molecule has 5 heteroatoms. The number of carbonyl (C=O) groups excluding carboxylic acids is 1. The summed E-state index contributed by atoms with van der Waals surface area (Å²) in [5.41, 5.74) is 6.10. The topological polar surface area (TPSA) is 84.6 Å². The van der Waals surface area contributed by atoms with E-state index in [1.54, 1.807) is 12.1 Å². The SMILES string of the molecule is COc1ccc(NC(=O)C(CN)C(C)C)cc1O. The van der Waals surface area contributed by atoms with Crippen molar-refractivity contribution in [2.24, 2.45) is 17.6 Å². The van der Waals surface area contributed by atoms with Crippen molar-refractivity contribution in [2.75, 3.05) is 19.0 Å². The molecule has 18 heavy (non-hydrogen) atoms. The third-order valence-electron chi connectivity index (χ3n) is 2.84. The van der Waals surface area contributed by atoms with Gasteiger partial charge in [0.1, 0.15) is 0 Å². The molecular formula is C13H20N2O3. The van der Waals surface area contributed by atoms with E-state index in [0.29, 0.717) is 18.0 Å². The molecule has 0 spiro atoms. The van der Waals surface area contributed by atoms with Gasteiger partial charge in [0.25, 0.3) is 0 Å².